The number of hydrogen-bond acceptors (Lipinski definition) is 4. The summed E-state index contributed by atoms with van der Waals surface area (Å²) >= 11 is 2.37. The number of primary amides is 1. The topological polar surface area (TPSA) is 82.2 Å². The van der Waals surface area contributed by atoms with Gasteiger partial charge in [-0.15, -0.1) is 0 Å². The molecule has 0 saturated heterocycles. The van der Waals surface area contributed by atoms with Crippen LogP contribution in [0.25, 0.3) is 22.2 Å². The number of rotatable bonds is 9. The predicted octanol–water partition coefficient (Wildman–Crippen LogP) is 3.62. The summed E-state index contributed by atoms with van der Waals surface area (Å²) in [6.07, 6.45) is 0. The molecule has 3 rings (SSSR count). The van der Waals surface area contributed by atoms with E-state index in [9.17, 15) is 4.79 Å². The van der Waals surface area contributed by atoms with Crippen LogP contribution in [0.15, 0.2) is 36.4 Å². The van der Waals surface area contributed by atoms with Gasteiger partial charge in [0.25, 0.3) is 0 Å². The van der Waals surface area contributed by atoms with E-state index in [-0.39, 0.29) is 5.91 Å². The number of nitrogens with two attached hydrogens (primary N) is 1. The molecule has 0 radical (unpaired) electrons. The van der Waals surface area contributed by atoms with Gasteiger partial charge in [0.2, 0.25) is 5.91 Å². The van der Waals surface area contributed by atoms with Crippen LogP contribution in [-0.2, 0) is 22.6 Å². The Kier molecular flexibility index (Phi) is 7.26. The first-order valence-corrected chi connectivity index (χ1v) is 10.8. The van der Waals surface area contributed by atoms with E-state index >= 15 is 0 Å². The molecule has 0 aliphatic heterocycles. The average molecular weight is 506 g/mol. The normalized spacial score (nSPS) is 12.4. The molecule has 0 unspecified atom stereocenters. The minimum absolute atomic E-state index is 0.377. The molecule has 29 heavy (non-hydrogen) atoms. The lowest BCUT2D eigenvalue weighted by atomic mass is 10.0. The van der Waals surface area contributed by atoms with Crippen molar-refractivity contribution in [2.45, 2.75) is 39.9 Å². The molecule has 0 saturated carbocycles. The quantitative estimate of drug-likeness (QED) is 0.343. The Balaban J connectivity index is 2.02. The van der Waals surface area contributed by atoms with Gasteiger partial charge in [0, 0.05) is 16.7 Å². The number of halogens is 1. The number of amides is 1. The fourth-order valence-corrected chi connectivity index (χ4v) is 3.94. The highest BCUT2D eigenvalue weighted by Crippen LogP contribution is 2.30. The number of hydrogen-bond donors (Lipinski definition) is 2. The number of carbonyl (C=O) groups is 1. The number of fused-ring (bicyclic) bond motifs is 1. The summed E-state index contributed by atoms with van der Waals surface area (Å²) in [5.41, 5.74) is 11.0. The molecule has 154 valence electrons. The lowest BCUT2D eigenvalue weighted by Crippen LogP contribution is -2.38. The van der Waals surface area contributed by atoms with Crippen molar-refractivity contribution in [1.82, 2.24) is 14.9 Å². The van der Waals surface area contributed by atoms with Crippen molar-refractivity contribution in [3.63, 3.8) is 0 Å². The molecule has 6 nitrogen and oxygen atoms in total. The van der Waals surface area contributed by atoms with Crippen LogP contribution in [0, 0.1) is 10.5 Å². The third-order valence-electron chi connectivity index (χ3n) is 4.94. The molecule has 3 N–H and O–H groups in total. The molecule has 1 aromatic heterocycles. The van der Waals surface area contributed by atoms with Crippen molar-refractivity contribution in [3.05, 3.63) is 51.4 Å². The van der Waals surface area contributed by atoms with E-state index < -0.39 is 6.04 Å². The second-order valence-electron chi connectivity index (χ2n) is 7.07. The maximum absolute atomic E-state index is 11.4. The first-order valence-electron chi connectivity index (χ1n) is 9.76. The van der Waals surface area contributed by atoms with E-state index in [1.807, 2.05) is 6.92 Å². The number of benzene rings is 2. The minimum Gasteiger partial charge on any atom is -0.380 e. The van der Waals surface area contributed by atoms with E-state index in [0.717, 1.165) is 20.4 Å². The Labute approximate surface area is 185 Å². The van der Waals surface area contributed by atoms with Crippen LogP contribution in [0.3, 0.4) is 0 Å². The highest BCUT2D eigenvalue weighted by Gasteiger charge is 2.16. The highest BCUT2D eigenvalue weighted by molar-refractivity contribution is 14.1. The second kappa shape index (κ2) is 9.69. The monoisotopic (exact) mass is 506 g/mol. The molecule has 1 heterocycles. The number of nitrogens with one attached hydrogen (secondary N) is 1. The van der Waals surface area contributed by atoms with Gasteiger partial charge in [-0.25, -0.2) is 4.98 Å². The lowest BCUT2D eigenvalue weighted by molar-refractivity contribution is -0.119. The van der Waals surface area contributed by atoms with Crippen LogP contribution in [0.1, 0.15) is 25.2 Å². The van der Waals surface area contributed by atoms with Crippen LogP contribution < -0.4 is 11.1 Å². The molecule has 7 heteroatoms. The minimum atomic E-state index is -0.418. The van der Waals surface area contributed by atoms with E-state index in [4.69, 9.17) is 15.5 Å². The van der Waals surface area contributed by atoms with Gasteiger partial charge in [-0.2, -0.15) is 0 Å². The average Bonchev–Trinajstić information content (AvgIpc) is 3.02. The summed E-state index contributed by atoms with van der Waals surface area (Å²) in [5, 5.41) is 3.16. The van der Waals surface area contributed by atoms with Gasteiger partial charge in [0.05, 0.1) is 30.2 Å². The number of aromatic nitrogens is 2. The van der Waals surface area contributed by atoms with E-state index in [2.05, 4.69) is 75.8 Å². The zero-order valence-electron chi connectivity index (χ0n) is 17.0. The molecule has 0 aliphatic carbocycles. The van der Waals surface area contributed by atoms with Crippen molar-refractivity contribution < 1.29 is 9.53 Å². The number of imidazole rings is 1. The molecule has 0 bridgehead atoms. The molecular weight excluding hydrogens is 479 g/mol. The van der Waals surface area contributed by atoms with Crippen LogP contribution in [0.2, 0.25) is 0 Å². The number of carbonyl (C=O) groups excluding carboxylic acids is 1. The SMILES string of the molecule is CCOCCn1c(CN[C@@H](C)C(N)=O)nc2cc(I)c(-c3ccc(C)cc3)cc21. The van der Waals surface area contributed by atoms with E-state index in [1.165, 1.54) is 16.7 Å². The number of ether oxygens (including phenoxy) is 1. The summed E-state index contributed by atoms with van der Waals surface area (Å²) in [4.78, 5) is 16.2. The zero-order chi connectivity index (χ0) is 21.0. The van der Waals surface area contributed by atoms with Crippen molar-refractivity contribution in [2.75, 3.05) is 13.2 Å². The maximum Gasteiger partial charge on any atom is 0.234 e. The highest BCUT2D eigenvalue weighted by atomic mass is 127. The Morgan fingerprint density at radius 2 is 2.03 bits per heavy atom. The Hall–Kier alpha value is -1.97. The standard InChI is InChI=1S/C22H27IN4O2/c1-4-29-10-9-27-20-11-17(16-7-5-14(2)6-8-16)18(23)12-19(20)26-21(27)13-25-15(3)22(24)28/h5-8,11-12,15,25H,4,9-10,13H2,1-3H3,(H2,24,28)/t15-/m0/s1. The summed E-state index contributed by atoms with van der Waals surface area (Å²) in [7, 11) is 0. The first-order chi connectivity index (χ1) is 13.9. The van der Waals surface area contributed by atoms with Crippen LogP contribution >= 0.6 is 22.6 Å². The van der Waals surface area contributed by atoms with Crippen molar-refractivity contribution in [3.8, 4) is 11.1 Å². The van der Waals surface area contributed by atoms with Crippen molar-refractivity contribution in [1.29, 1.82) is 0 Å². The Bertz CT molecular complexity index is 998. The molecular formula is C22H27IN4O2. The summed E-state index contributed by atoms with van der Waals surface area (Å²) in [6.45, 7) is 8.27. The van der Waals surface area contributed by atoms with Gasteiger partial charge in [-0.3, -0.25) is 10.1 Å². The zero-order valence-corrected chi connectivity index (χ0v) is 19.2. The van der Waals surface area contributed by atoms with E-state index in [0.29, 0.717) is 26.3 Å². The van der Waals surface area contributed by atoms with Crippen LogP contribution in [0.5, 0.6) is 0 Å². The van der Waals surface area contributed by atoms with Gasteiger partial charge < -0.3 is 15.0 Å². The molecule has 0 fully saturated rings. The predicted molar refractivity (Wildman–Crippen MR) is 125 cm³/mol. The van der Waals surface area contributed by atoms with Gasteiger partial charge >= 0.3 is 0 Å². The van der Waals surface area contributed by atoms with Crippen molar-refractivity contribution in [2.24, 2.45) is 5.73 Å². The van der Waals surface area contributed by atoms with Gasteiger partial charge in [-0.1, -0.05) is 29.8 Å². The van der Waals surface area contributed by atoms with Gasteiger partial charge in [0.1, 0.15) is 5.82 Å². The Morgan fingerprint density at radius 1 is 1.31 bits per heavy atom. The summed E-state index contributed by atoms with van der Waals surface area (Å²) in [5.74, 6) is 0.489. The third kappa shape index (κ3) is 5.15. The largest absolute Gasteiger partial charge is 0.380 e. The molecule has 2 aromatic carbocycles. The smallest absolute Gasteiger partial charge is 0.234 e. The van der Waals surface area contributed by atoms with Gasteiger partial charge in [0.15, 0.2) is 0 Å². The number of aryl methyl sites for hydroxylation is 1. The fourth-order valence-electron chi connectivity index (χ4n) is 3.18. The lowest BCUT2D eigenvalue weighted by Gasteiger charge is -2.13. The van der Waals surface area contributed by atoms with Crippen LogP contribution in [0.4, 0.5) is 0 Å². The molecule has 1 amide bonds. The summed E-state index contributed by atoms with van der Waals surface area (Å²) < 4.78 is 8.90. The first kappa shape index (κ1) is 21.7. The number of nitrogens with zero attached hydrogens (tertiary/aromatic N) is 2. The molecule has 0 aliphatic rings. The maximum atomic E-state index is 11.4. The molecule has 3 aromatic rings. The van der Waals surface area contributed by atoms with Crippen LogP contribution in [-0.4, -0.2) is 34.7 Å². The van der Waals surface area contributed by atoms with E-state index in [1.54, 1.807) is 6.92 Å². The third-order valence-corrected chi connectivity index (χ3v) is 5.83. The van der Waals surface area contributed by atoms with Gasteiger partial charge in [-0.05, 0) is 66.6 Å². The fraction of sp³-hybridized carbons (Fsp3) is 0.364. The summed E-state index contributed by atoms with van der Waals surface area (Å²) in [6, 6.07) is 12.4. The second-order valence-corrected chi connectivity index (χ2v) is 8.23. The van der Waals surface area contributed by atoms with Crippen molar-refractivity contribution >= 4 is 39.5 Å². The molecule has 1 atom stereocenters. The molecule has 0 spiro atoms. The Morgan fingerprint density at radius 3 is 2.69 bits per heavy atom.